The lowest BCUT2D eigenvalue weighted by atomic mass is 10.1. The third-order valence-corrected chi connectivity index (χ3v) is 4.09. The van der Waals surface area contributed by atoms with Crippen LogP contribution in [-0.2, 0) is 0 Å². The first-order valence-electron chi connectivity index (χ1n) is 8.24. The molecule has 0 spiro atoms. The summed E-state index contributed by atoms with van der Waals surface area (Å²) in [7, 11) is 3.07. The fraction of sp³-hybridized carbons (Fsp3) is 0.0952. The van der Waals surface area contributed by atoms with Crippen molar-refractivity contribution in [2.45, 2.75) is 0 Å². The number of nitrogens with zero attached hydrogens (tertiary/aromatic N) is 2. The van der Waals surface area contributed by atoms with E-state index in [1.54, 1.807) is 55.7 Å². The average Bonchev–Trinajstić information content (AvgIpc) is 3.20. The van der Waals surface area contributed by atoms with Crippen molar-refractivity contribution < 1.29 is 18.8 Å². The minimum atomic E-state index is -0.456. The van der Waals surface area contributed by atoms with Gasteiger partial charge in [-0.2, -0.15) is 5.26 Å². The quantitative estimate of drug-likeness (QED) is 0.343. The largest absolute Gasteiger partial charge is 0.493 e. The summed E-state index contributed by atoms with van der Waals surface area (Å²) in [6.07, 6.45) is 1.62. The number of ether oxygens (including phenoxy) is 2. The summed E-state index contributed by atoms with van der Waals surface area (Å²) in [6.45, 7) is 0. The highest BCUT2D eigenvalue weighted by Gasteiger charge is 2.11. The Morgan fingerprint density at radius 3 is 2.39 bits per heavy atom. The van der Waals surface area contributed by atoms with Crippen LogP contribution in [0.25, 0.3) is 23.0 Å². The smallest absolute Gasteiger partial charge is 0.269 e. The van der Waals surface area contributed by atoms with Crippen molar-refractivity contribution in [3.05, 3.63) is 76.0 Å². The number of hydrogen-bond acceptors (Lipinski definition) is 6. The molecule has 2 aromatic carbocycles. The first-order valence-corrected chi connectivity index (χ1v) is 8.24. The van der Waals surface area contributed by atoms with Crippen LogP contribution in [0.2, 0.25) is 0 Å². The Morgan fingerprint density at radius 2 is 1.79 bits per heavy atom. The molecule has 140 valence electrons. The van der Waals surface area contributed by atoms with Gasteiger partial charge in [0.25, 0.3) is 5.69 Å². The average molecular weight is 376 g/mol. The molecule has 0 radical (unpaired) electrons. The third-order valence-electron chi connectivity index (χ3n) is 4.09. The fourth-order valence-electron chi connectivity index (χ4n) is 2.66. The van der Waals surface area contributed by atoms with Gasteiger partial charge in [0.05, 0.1) is 30.8 Å². The molecule has 0 atom stereocenters. The highest BCUT2D eigenvalue weighted by atomic mass is 16.6. The predicted molar refractivity (Wildman–Crippen MR) is 104 cm³/mol. The number of allylic oxidation sites excluding steroid dienone is 1. The Labute approximate surface area is 161 Å². The van der Waals surface area contributed by atoms with E-state index < -0.39 is 4.92 Å². The summed E-state index contributed by atoms with van der Waals surface area (Å²) in [6, 6.07) is 16.9. The van der Waals surface area contributed by atoms with E-state index in [9.17, 15) is 15.4 Å². The molecule has 0 fully saturated rings. The van der Waals surface area contributed by atoms with Crippen LogP contribution in [0.15, 0.2) is 59.0 Å². The van der Waals surface area contributed by atoms with Crippen molar-refractivity contribution in [1.29, 1.82) is 5.26 Å². The number of rotatable bonds is 6. The van der Waals surface area contributed by atoms with Crippen LogP contribution in [0.5, 0.6) is 11.5 Å². The Hall–Kier alpha value is -4.05. The number of methoxy groups -OCH3 is 2. The second-order valence-corrected chi connectivity index (χ2v) is 5.75. The SMILES string of the molecule is COc1ccc(/C(C#N)=C/c2ccc(-c3ccc([N+](=O)[O-])cc3)o2)cc1OC. The maximum absolute atomic E-state index is 10.8. The predicted octanol–water partition coefficient (Wildman–Crippen LogP) is 4.94. The highest BCUT2D eigenvalue weighted by Crippen LogP contribution is 2.32. The number of nitriles is 1. The molecule has 0 saturated heterocycles. The van der Waals surface area contributed by atoms with Gasteiger partial charge < -0.3 is 13.9 Å². The van der Waals surface area contributed by atoms with Crippen LogP contribution in [-0.4, -0.2) is 19.1 Å². The summed E-state index contributed by atoms with van der Waals surface area (Å²) in [5.41, 5.74) is 1.77. The summed E-state index contributed by atoms with van der Waals surface area (Å²) >= 11 is 0. The minimum absolute atomic E-state index is 0.00986. The maximum Gasteiger partial charge on any atom is 0.269 e. The van der Waals surface area contributed by atoms with Gasteiger partial charge in [0.1, 0.15) is 11.5 Å². The number of furan rings is 1. The van der Waals surface area contributed by atoms with Crippen molar-refractivity contribution in [3.8, 4) is 28.9 Å². The first kappa shape index (κ1) is 18.7. The van der Waals surface area contributed by atoms with E-state index in [0.29, 0.717) is 39.7 Å². The van der Waals surface area contributed by atoms with Crippen LogP contribution in [0, 0.1) is 21.4 Å². The van der Waals surface area contributed by atoms with Crippen molar-refractivity contribution in [3.63, 3.8) is 0 Å². The van der Waals surface area contributed by atoms with E-state index in [4.69, 9.17) is 13.9 Å². The van der Waals surface area contributed by atoms with Crippen LogP contribution >= 0.6 is 0 Å². The molecule has 0 amide bonds. The summed E-state index contributed by atoms with van der Waals surface area (Å²) in [4.78, 5) is 10.3. The van der Waals surface area contributed by atoms with Crippen LogP contribution in [0.3, 0.4) is 0 Å². The number of non-ortho nitro benzene ring substituents is 1. The third kappa shape index (κ3) is 3.86. The van der Waals surface area contributed by atoms with Crippen LogP contribution < -0.4 is 9.47 Å². The zero-order valence-corrected chi connectivity index (χ0v) is 15.2. The second kappa shape index (κ2) is 8.10. The van der Waals surface area contributed by atoms with E-state index in [0.717, 1.165) is 0 Å². The summed E-state index contributed by atoms with van der Waals surface area (Å²) < 4.78 is 16.3. The molecule has 28 heavy (non-hydrogen) atoms. The zero-order valence-electron chi connectivity index (χ0n) is 15.2. The molecule has 1 heterocycles. The van der Waals surface area contributed by atoms with Crippen molar-refractivity contribution in [2.24, 2.45) is 0 Å². The lowest BCUT2D eigenvalue weighted by Gasteiger charge is -2.08. The monoisotopic (exact) mass is 376 g/mol. The van der Waals surface area contributed by atoms with Gasteiger partial charge in [-0.3, -0.25) is 10.1 Å². The van der Waals surface area contributed by atoms with E-state index >= 15 is 0 Å². The second-order valence-electron chi connectivity index (χ2n) is 5.75. The van der Waals surface area contributed by atoms with Gasteiger partial charge in [-0.15, -0.1) is 0 Å². The first-order chi connectivity index (χ1) is 13.5. The Morgan fingerprint density at radius 1 is 1.07 bits per heavy atom. The normalized spacial score (nSPS) is 11.0. The molecule has 7 heteroatoms. The van der Waals surface area contributed by atoms with Crippen molar-refractivity contribution >= 4 is 17.3 Å². The fourth-order valence-corrected chi connectivity index (χ4v) is 2.66. The molecule has 0 unspecified atom stereocenters. The molecule has 0 saturated carbocycles. The van der Waals surface area contributed by atoms with E-state index in [1.165, 1.54) is 19.2 Å². The molecule has 0 bridgehead atoms. The molecule has 0 aliphatic heterocycles. The summed E-state index contributed by atoms with van der Waals surface area (Å²) in [5.74, 6) is 2.12. The number of benzene rings is 2. The van der Waals surface area contributed by atoms with Gasteiger partial charge in [0.2, 0.25) is 0 Å². The Bertz CT molecular complexity index is 1070. The van der Waals surface area contributed by atoms with E-state index in [1.807, 2.05) is 0 Å². The molecule has 3 rings (SSSR count). The van der Waals surface area contributed by atoms with E-state index in [2.05, 4.69) is 6.07 Å². The molecule has 7 nitrogen and oxygen atoms in total. The zero-order chi connectivity index (χ0) is 20.1. The highest BCUT2D eigenvalue weighted by molar-refractivity contribution is 5.89. The van der Waals surface area contributed by atoms with Crippen LogP contribution in [0.1, 0.15) is 11.3 Å². The van der Waals surface area contributed by atoms with Crippen LogP contribution in [0.4, 0.5) is 5.69 Å². The van der Waals surface area contributed by atoms with Gasteiger partial charge in [-0.05, 0) is 54.1 Å². The van der Waals surface area contributed by atoms with Gasteiger partial charge in [0.15, 0.2) is 11.5 Å². The topological polar surface area (TPSA) is 98.5 Å². The molecular formula is C21H16N2O5. The van der Waals surface area contributed by atoms with Gasteiger partial charge in [-0.1, -0.05) is 0 Å². The lowest BCUT2D eigenvalue weighted by molar-refractivity contribution is -0.384. The molecule has 1 aromatic heterocycles. The summed E-state index contributed by atoms with van der Waals surface area (Å²) in [5, 5.41) is 20.3. The van der Waals surface area contributed by atoms with Gasteiger partial charge in [0, 0.05) is 17.7 Å². The van der Waals surface area contributed by atoms with E-state index in [-0.39, 0.29) is 5.69 Å². The Kier molecular flexibility index (Phi) is 5.42. The molecule has 0 aliphatic carbocycles. The number of nitro benzene ring substituents is 1. The molecule has 0 aliphatic rings. The maximum atomic E-state index is 10.8. The lowest BCUT2D eigenvalue weighted by Crippen LogP contribution is -1.92. The van der Waals surface area contributed by atoms with Crippen molar-refractivity contribution in [2.75, 3.05) is 14.2 Å². The molecular weight excluding hydrogens is 360 g/mol. The number of nitro groups is 1. The standard InChI is InChI=1S/C21H16N2O5/c1-26-20-9-5-15(12-21(20)27-2)16(13-22)11-18-8-10-19(28-18)14-3-6-17(7-4-14)23(24)25/h3-12H,1-2H3/b16-11+. The molecule has 3 aromatic rings. The minimum Gasteiger partial charge on any atom is -0.493 e. The van der Waals surface area contributed by atoms with Gasteiger partial charge >= 0.3 is 0 Å². The number of hydrogen-bond donors (Lipinski definition) is 0. The van der Waals surface area contributed by atoms with Gasteiger partial charge in [-0.25, -0.2) is 0 Å². The molecule has 0 N–H and O–H groups in total. The Balaban J connectivity index is 1.90. The van der Waals surface area contributed by atoms with Crippen molar-refractivity contribution in [1.82, 2.24) is 0 Å².